The summed E-state index contributed by atoms with van der Waals surface area (Å²) in [4.78, 5) is 4.26. The number of benzene rings is 1. The smallest absolute Gasteiger partial charge is 0.236 e. The molecule has 1 aromatic carbocycles. The lowest BCUT2D eigenvalue weighted by atomic mass is 10.2. The van der Waals surface area contributed by atoms with Gasteiger partial charge in [0, 0.05) is 22.4 Å². The number of aryl methyl sites for hydroxylation is 1. The van der Waals surface area contributed by atoms with Crippen molar-refractivity contribution in [1.29, 1.82) is 0 Å². The van der Waals surface area contributed by atoms with Crippen LogP contribution in [0.5, 0.6) is 0 Å². The highest BCUT2D eigenvalue weighted by atomic mass is 33.1. The molecule has 1 heterocycles. The molecule has 0 saturated heterocycles. The van der Waals surface area contributed by atoms with Crippen LogP contribution in [0, 0.1) is 6.92 Å². The molecule has 0 fully saturated rings. The van der Waals surface area contributed by atoms with Gasteiger partial charge in [0.25, 0.3) is 0 Å². The second-order valence-corrected chi connectivity index (χ2v) is 8.05. The maximum absolute atomic E-state index is 11.9. The molecule has 0 amide bonds. The van der Waals surface area contributed by atoms with Gasteiger partial charge in [-0.25, -0.2) is 13.4 Å². The summed E-state index contributed by atoms with van der Waals surface area (Å²) >= 11 is 1.32. The first kappa shape index (κ1) is 11.6. The van der Waals surface area contributed by atoms with Crippen molar-refractivity contribution in [3.63, 3.8) is 0 Å². The van der Waals surface area contributed by atoms with Gasteiger partial charge in [-0.15, -0.1) is 11.3 Å². The molecule has 0 aliphatic carbocycles. The maximum atomic E-state index is 11.9. The number of hydrogen-bond acceptors (Lipinski definition) is 5. The van der Waals surface area contributed by atoms with E-state index in [1.165, 1.54) is 11.3 Å². The zero-order valence-corrected chi connectivity index (χ0v) is 10.9. The third-order valence-electron chi connectivity index (χ3n) is 1.90. The molecule has 2 aromatic rings. The molecule has 3 nitrogen and oxygen atoms in total. The van der Waals surface area contributed by atoms with Gasteiger partial charge in [-0.1, -0.05) is 17.7 Å². The Morgan fingerprint density at radius 1 is 1.25 bits per heavy atom. The Bertz CT molecular complexity index is 559. The molecular formula is C10H9NO2S3. The van der Waals surface area contributed by atoms with Gasteiger partial charge in [-0.3, -0.25) is 0 Å². The number of rotatable bonds is 3. The summed E-state index contributed by atoms with van der Waals surface area (Å²) in [7, 11) is -2.54. The summed E-state index contributed by atoms with van der Waals surface area (Å²) in [5.41, 5.74) is 1.04. The molecule has 0 unspecified atom stereocenters. The van der Waals surface area contributed by atoms with Crippen LogP contribution in [0.4, 0.5) is 0 Å². The number of thiazole rings is 1. The molecular weight excluding hydrogens is 262 g/mol. The fourth-order valence-electron chi connectivity index (χ4n) is 1.10. The largest absolute Gasteiger partial charge is 0.237 e. The molecule has 0 atom stereocenters. The number of nitrogens with zero attached hydrogens (tertiary/aromatic N) is 1. The van der Waals surface area contributed by atoms with Crippen LogP contribution in [0.25, 0.3) is 0 Å². The Morgan fingerprint density at radius 2 is 1.94 bits per heavy atom. The third-order valence-corrected chi connectivity index (χ3v) is 6.35. The molecule has 0 aliphatic rings. The van der Waals surface area contributed by atoms with Gasteiger partial charge in [0.1, 0.15) is 0 Å². The molecule has 0 saturated carbocycles. The summed E-state index contributed by atoms with van der Waals surface area (Å²) in [6.45, 7) is 1.92. The highest BCUT2D eigenvalue weighted by Gasteiger charge is 2.17. The topological polar surface area (TPSA) is 47.0 Å². The van der Waals surface area contributed by atoms with Crippen molar-refractivity contribution < 1.29 is 8.42 Å². The van der Waals surface area contributed by atoms with E-state index < -0.39 is 8.87 Å². The Balaban J connectivity index is 2.29. The maximum Gasteiger partial charge on any atom is 0.236 e. The van der Waals surface area contributed by atoms with Crippen molar-refractivity contribution in [1.82, 2.24) is 4.98 Å². The molecule has 0 spiro atoms. The zero-order chi connectivity index (χ0) is 11.6. The van der Waals surface area contributed by atoms with Gasteiger partial charge < -0.3 is 0 Å². The van der Waals surface area contributed by atoms with Crippen LogP contribution in [-0.4, -0.2) is 13.4 Å². The molecule has 1 aromatic heterocycles. The molecule has 16 heavy (non-hydrogen) atoms. The van der Waals surface area contributed by atoms with Gasteiger partial charge in [0.05, 0.1) is 4.90 Å². The predicted octanol–water partition coefficient (Wildman–Crippen LogP) is 2.93. The van der Waals surface area contributed by atoms with Crippen LogP contribution in [0.3, 0.4) is 0 Å². The predicted molar refractivity (Wildman–Crippen MR) is 66.3 cm³/mol. The highest BCUT2D eigenvalue weighted by molar-refractivity contribution is 8.72. The monoisotopic (exact) mass is 271 g/mol. The van der Waals surface area contributed by atoms with Crippen molar-refractivity contribution >= 4 is 31.0 Å². The van der Waals surface area contributed by atoms with Crippen LogP contribution < -0.4 is 0 Å². The summed E-state index contributed by atoms with van der Waals surface area (Å²) in [5, 5.41) is 1.76. The molecule has 84 valence electrons. The van der Waals surface area contributed by atoms with E-state index in [1.807, 2.05) is 6.92 Å². The second-order valence-electron chi connectivity index (χ2n) is 3.15. The molecule has 0 N–H and O–H groups in total. The minimum absolute atomic E-state index is 0.318. The van der Waals surface area contributed by atoms with Crippen molar-refractivity contribution in [2.24, 2.45) is 0 Å². The van der Waals surface area contributed by atoms with Crippen LogP contribution in [-0.2, 0) is 8.87 Å². The van der Waals surface area contributed by atoms with E-state index in [-0.39, 0.29) is 0 Å². The van der Waals surface area contributed by atoms with Crippen molar-refractivity contribution in [3.8, 4) is 0 Å². The summed E-state index contributed by atoms with van der Waals surface area (Å²) in [6.07, 6.45) is 1.59. The van der Waals surface area contributed by atoms with E-state index in [0.29, 0.717) is 9.24 Å². The fraction of sp³-hybridized carbons (Fsp3) is 0.100. The van der Waals surface area contributed by atoms with Crippen molar-refractivity contribution in [2.45, 2.75) is 16.2 Å². The highest BCUT2D eigenvalue weighted by Crippen LogP contribution is 2.31. The Hall–Kier alpha value is -0.850. The van der Waals surface area contributed by atoms with Crippen molar-refractivity contribution in [3.05, 3.63) is 41.4 Å². The number of aromatic nitrogens is 1. The third kappa shape index (κ3) is 2.63. The quantitative estimate of drug-likeness (QED) is 0.805. The summed E-state index contributed by atoms with van der Waals surface area (Å²) in [5.74, 6) is 0. The number of hydrogen-bond donors (Lipinski definition) is 0. The zero-order valence-electron chi connectivity index (χ0n) is 8.45. The minimum Gasteiger partial charge on any atom is -0.237 e. The van der Waals surface area contributed by atoms with Gasteiger partial charge >= 0.3 is 0 Å². The Kier molecular flexibility index (Phi) is 3.32. The first-order chi connectivity index (χ1) is 7.58. The molecule has 0 aliphatic heterocycles. The molecule has 2 rings (SSSR count). The molecule has 0 bridgehead atoms. The van der Waals surface area contributed by atoms with E-state index in [9.17, 15) is 8.42 Å². The first-order valence-corrected chi connectivity index (χ1v) is 8.18. The molecule has 6 heteroatoms. The summed E-state index contributed by atoms with van der Waals surface area (Å²) in [6, 6.07) is 6.81. The average molecular weight is 271 g/mol. The van der Waals surface area contributed by atoms with E-state index in [2.05, 4.69) is 4.98 Å². The van der Waals surface area contributed by atoms with Gasteiger partial charge in [0.15, 0.2) is 4.34 Å². The van der Waals surface area contributed by atoms with Crippen LogP contribution in [0.2, 0.25) is 0 Å². The van der Waals surface area contributed by atoms with Crippen LogP contribution >= 0.6 is 22.1 Å². The van der Waals surface area contributed by atoms with Gasteiger partial charge in [-0.05, 0) is 19.1 Å². The Labute approximate surface area is 102 Å². The van der Waals surface area contributed by atoms with Crippen molar-refractivity contribution in [2.75, 3.05) is 0 Å². The second kappa shape index (κ2) is 4.57. The van der Waals surface area contributed by atoms with Gasteiger partial charge in [0.2, 0.25) is 8.87 Å². The Morgan fingerprint density at radius 3 is 2.50 bits per heavy atom. The van der Waals surface area contributed by atoms with Gasteiger partial charge in [-0.2, -0.15) is 0 Å². The van der Waals surface area contributed by atoms with Crippen LogP contribution in [0.1, 0.15) is 5.56 Å². The lowest BCUT2D eigenvalue weighted by Crippen LogP contribution is -1.94. The lowest BCUT2D eigenvalue weighted by Gasteiger charge is -2.01. The fourth-order valence-corrected chi connectivity index (χ4v) is 5.11. The lowest BCUT2D eigenvalue weighted by molar-refractivity contribution is 0.610. The van der Waals surface area contributed by atoms with E-state index in [1.54, 1.807) is 35.8 Å². The normalized spacial score (nSPS) is 11.6. The van der Waals surface area contributed by atoms with E-state index in [4.69, 9.17) is 0 Å². The standard InChI is InChI=1S/C10H9NO2S3/c1-8-2-4-9(5-3-8)16(12,13)15-10-11-6-7-14-10/h2-7H,1H3. The SMILES string of the molecule is Cc1ccc(S(=O)(=O)Sc2nccs2)cc1. The molecule has 0 radical (unpaired) electrons. The summed E-state index contributed by atoms with van der Waals surface area (Å²) < 4.78 is 24.4. The van der Waals surface area contributed by atoms with E-state index >= 15 is 0 Å². The van der Waals surface area contributed by atoms with Crippen LogP contribution in [0.15, 0.2) is 45.1 Å². The first-order valence-electron chi connectivity index (χ1n) is 4.48. The average Bonchev–Trinajstić information content (AvgIpc) is 2.70. The van der Waals surface area contributed by atoms with E-state index in [0.717, 1.165) is 16.4 Å². The minimum atomic E-state index is -3.34.